The second-order valence-electron chi connectivity index (χ2n) is 2.75. The maximum atomic E-state index is 12.0. The van der Waals surface area contributed by atoms with Gasteiger partial charge in [0.25, 0.3) is 0 Å². The van der Waals surface area contributed by atoms with E-state index in [-0.39, 0.29) is 24.9 Å². The maximum Gasteiger partial charge on any atom is 0.0912 e. The highest BCUT2D eigenvalue weighted by Gasteiger charge is 2.09. The van der Waals surface area contributed by atoms with Gasteiger partial charge >= 0.3 is 0 Å². The lowest BCUT2D eigenvalue weighted by Gasteiger charge is -2.11. The first-order chi connectivity index (χ1) is 6.15. The van der Waals surface area contributed by atoms with Gasteiger partial charge in [0.05, 0.1) is 6.67 Å². The third-order valence-electron chi connectivity index (χ3n) is 1.78. The van der Waals surface area contributed by atoms with E-state index in [0.29, 0.717) is 10.0 Å². The van der Waals surface area contributed by atoms with Gasteiger partial charge in [0.15, 0.2) is 0 Å². The van der Waals surface area contributed by atoms with Crippen molar-refractivity contribution < 1.29 is 4.39 Å². The van der Waals surface area contributed by atoms with Gasteiger partial charge in [-0.1, -0.05) is 29.3 Å². The van der Waals surface area contributed by atoms with Gasteiger partial charge in [-0.05, 0) is 24.1 Å². The van der Waals surface area contributed by atoms with E-state index < -0.39 is 6.67 Å². The minimum absolute atomic E-state index is 0. The third-order valence-corrected chi connectivity index (χ3v) is 2.34. The largest absolute Gasteiger partial charge is 0.324 e. The molecule has 0 saturated carbocycles. The summed E-state index contributed by atoms with van der Waals surface area (Å²) in [6, 6.07) is 4.68. The Kier molecular flexibility index (Phi) is 6.45. The van der Waals surface area contributed by atoms with Crippen molar-refractivity contribution >= 4 is 35.6 Å². The molecule has 2 N–H and O–H groups in total. The molecule has 0 aliphatic heterocycles. The van der Waals surface area contributed by atoms with Crippen molar-refractivity contribution in [2.24, 2.45) is 5.73 Å². The van der Waals surface area contributed by atoms with Crippen molar-refractivity contribution in [3.05, 3.63) is 33.8 Å². The summed E-state index contributed by atoms with van der Waals surface area (Å²) in [4.78, 5) is 0. The molecule has 0 bridgehead atoms. The zero-order valence-electron chi connectivity index (χ0n) is 7.34. The molecule has 0 fully saturated rings. The Bertz CT molecular complexity index is 293. The van der Waals surface area contributed by atoms with Gasteiger partial charge in [-0.3, -0.25) is 4.39 Å². The van der Waals surface area contributed by atoms with Crippen LogP contribution in [0.3, 0.4) is 0 Å². The average Bonchev–Trinajstić information content (AvgIpc) is 2.04. The highest BCUT2D eigenvalue weighted by atomic mass is 35.5. The van der Waals surface area contributed by atoms with Gasteiger partial charge in [-0.15, -0.1) is 12.4 Å². The van der Waals surface area contributed by atoms with Crippen LogP contribution < -0.4 is 5.73 Å². The molecule has 0 spiro atoms. The number of rotatable bonds is 3. The normalized spacial score (nSPS) is 12.0. The molecule has 0 radical (unpaired) electrons. The molecule has 1 aromatic rings. The van der Waals surface area contributed by atoms with Gasteiger partial charge in [0.2, 0.25) is 0 Å². The van der Waals surface area contributed by atoms with Gasteiger partial charge in [-0.25, -0.2) is 0 Å². The van der Waals surface area contributed by atoms with Gasteiger partial charge in [-0.2, -0.15) is 0 Å². The number of halogens is 4. The Morgan fingerprint density at radius 1 is 1.36 bits per heavy atom. The van der Waals surface area contributed by atoms with Crippen LogP contribution in [0.2, 0.25) is 10.0 Å². The van der Waals surface area contributed by atoms with E-state index in [9.17, 15) is 4.39 Å². The summed E-state index contributed by atoms with van der Waals surface area (Å²) in [5.74, 6) is 0. The molecule has 14 heavy (non-hydrogen) atoms. The van der Waals surface area contributed by atoms with Crippen molar-refractivity contribution in [1.29, 1.82) is 0 Å². The predicted octanol–water partition coefficient (Wildman–Crippen LogP) is 3.77. The molecule has 0 aromatic heterocycles. The molecule has 0 amide bonds. The van der Waals surface area contributed by atoms with Crippen LogP contribution >= 0.6 is 35.6 Å². The van der Waals surface area contributed by atoms with Crippen LogP contribution in [0.4, 0.5) is 4.39 Å². The fourth-order valence-electron chi connectivity index (χ4n) is 1.08. The van der Waals surface area contributed by atoms with E-state index >= 15 is 0 Å². The zero-order chi connectivity index (χ0) is 9.84. The minimum atomic E-state index is -0.444. The van der Waals surface area contributed by atoms with Crippen molar-refractivity contribution in [1.82, 2.24) is 0 Å². The molecule has 0 unspecified atom stereocenters. The monoisotopic (exact) mass is 257 g/mol. The standard InChI is InChI=1S/C9H10Cl2FN.ClH/c10-6-1-2-7(8(11)5-6)9(13)3-4-12;/h1-2,5,9H,3-4,13H2;1H/t9-;/m0./s1. The van der Waals surface area contributed by atoms with Crippen LogP contribution in [0.1, 0.15) is 18.0 Å². The Morgan fingerprint density at radius 2 is 2.00 bits per heavy atom. The first kappa shape index (κ1) is 14.0. The second-order valence-corrected chi connectivity index (χ2v) is 3.59. The van der Waals surface area contributed by atoms with Crippen molar-refractivity contribution in [3.63, 3.8) is 0 Å². The number of benzene rings is 1. The van der Waals surface area contributed by atoms with Gasteiger partial charge in [0, 0.05) is 16.1 Å². The maximum absolute atomic E-state index is 12.0. The predicted molar refractivity (Wildman–Crippen MR) is 61.2 cm³/mol. The molecular formula is C9H11Cl3FN. The van der Waals surface area contributed by atoms with Crippen molar-refractivity contribution in [2.45, 2.75) is 12.5 Å². The lowest BCUT2D eigenvalue weighted by atomic mass is 10.1. The van der Waals surface area contributed by atoms with Crippen LogP contribution in [0.25, 0.3) is 0 Å². The lowest BCUT2D eigenvalue weighted by molar-refractivity contribution is 0.442. The van der Waals surface area contributed by atoms with Crippen LogP contribution in [-0.2, 0) is 0 Å². The van der Waals surface area contributed by atoms with Gasteiger partial charge in [0.1, 0.15) is 0 Å². The Labute approximate surface area is 98.8 Å². The fourth-order valence-corrected chi connectivity index (χ4v) is 1.62. The first-order valence-electron chi connectivity index (χ1n) is 3.91. The van der Waals surface area contributed by atoms with Crippen LogP contribution in [0, 0.1) is 0 Å². The molecular weight excluding hydrogens is 247 g/mol. The summed E-state index contributed by atoms with van der Waals surface area (Å²) in [6.07, 6.45) is 0.279. The summed E-state index contributed by atoms with van der Waals surface area (Å²) < 4.78 is 12.0. The van der Waals surface area contributed by atoms with Crippen molar-refractivity contribution in [2.75, 3.05) is 6.67 Å². The minimum Gasteiger partial charge on any atom is -0.324 e. The molecule has 0 saturated heterocycles. The van der Waals surface area contributed by atoms with E-state index in [1.54, 1.807) is 18.2 Å². The molecule has 0 heterocycles. The first-order valence-corrected chi connectivity index (χ1v) is 4.67. The van der Waals surface area contributed by atoms with E-state index in [1.165, 1.54) is 0 Å². The van der Waals surface area contributed by atoms with E-state index in [1.807, 2.05) is 0 Å². The number of hydrogen-bond donors (Lipinski definition) is 1. The molecule has 5 heteroatoms. The summed E-state index contributed by atoms with van der Waals surface area (Å²) >= 11 is 11.6. The molecule has 1 atom stereocenters. The molecule has 0 aliphatic carbocycles. The second kappa shape index (κ2) is 6.46. The summed E-state index contributed by atoms with van der Waals surface area (Å²) in [6.45, 7) is -0.444. The van der Waals surface area contributed by atoms with E-state index in [2.05, 4.69) is 0 Å². The number of nitrogens with two attached hydrogens (primary N) is 1. The zero-order valence-corrected chi connectivity index (χ0v) is 9.67. The number of alkyl halides is 1. The summed E-state index contributed by atoms with van der Waals surface area (Å²) in [7, 11) is 0. The molecule has 1 nitrogen and oxygen atoms in total. The summed E-state index contributed by atoms with van der Waals surface area (Å²) in [5.41, 5.74) is 6.43. The molecule has 1 aromatic carbocycles. The van der Waals surface area contributed by atoms with Gasteiger partial charge < -0.3 is 5.73 Å². The molecule has 0 aliphatic rings. The van der Waals surface area contributed by atoms with Crippen molar-refractivity contribution in [3.8, 4) is 0 Å². The van der Waals surface area contributed by atoms with Crippen LogP contribution in [0.15, 0.2) is 18.2 Å². The molecule has 1 rings (SSSR count). The van der Waals surface area contributed by atoms with Crippen LogP contribution in [0.5, 0.6) is 0 Å². The smallest absolute Gasteiger partial charge is 0.0912 e. The molecule has 80 valence electrons. The van der Waals surface area contributed by atoms with E-state index in [0.717, 1.165) is 5.56 Å². The highest BCUT2D eigenvalue weighted by molar-refractivity contribution is 6.35. The Hall–Kier alpha value is -0.0200. The summed E-state index contributed by atoms with van der Waals surface area (Å²) in [5, 5.41) is 1.05. The average molecular weight is 259 g/mol. The van der Waals surface area contributed by atoms with Crippen LogP contribution in [-0.4, -0.2) is 6.67 Å². The fraction of sp³-hybridized carbons (Fsp3) is 0.333. The highest BCUT2D eigenvalue weighted by Crippen LogP contribution is 2.26. The van der Waals surface area contributed by atoms with E-state index in [4.69, 9.17) is 28.9 Å². The lowest BCUT2D eigenvalue weighted by Crippen LogP contribution is -2.11. The quantitative estimate of drug-likeness (QED) is 0.877. The third kappa shape index (κ3) is 3.62. The Balaban J connectivity index is 0.00000169. The topological polar surface area (TPSA) is 26.0 Å². The SMILES string of the molecule is Cl.N[C@@H](CCF)c1ccc(Cl)cc1Cl. The number of hydrogen-bond acceptors (Lipinski definition) is 1. The Morgan fingerprint density at radius 3 is 2.50 bits per heavy atom.